The van der Waals surface area contributed by atoms with Crippen molar-refractivity contribution in [1.82, 2.24) is 5.32 Å². The maximum atomic E-state index is 12.6. The molecule has 0 saturated heterocycles. The molecule has 3 unspecified atom stereocenters. The molecule has 0 aliphatic rings. The Labute approximate surface area is 317 Å². The molecule has 1 amide bonds. The average molecular weight is 746 g/mol. The van der Waals surface area contributed by atoms with E-state index < -0.39 is 40.0 Å². The lowest BCUT2D eigenvalue weighted by Gasteiger charge is -2.24. The molecule has 0 aromatic heterocycles. The van der Waals surface area contributed by atoms with E-state index in [4.69, 9.17) is 0 Å². The Morgan fingerprint density at radius 3 is 0.980 bits per heavy atom. The molecule has 0 aromatic rings. The van der Waals surface area contributed by atoms with Gasteiger partial charge in [0.2, 0.25) is 5.91 Å². The van der Waals surface area contributed by atoms with E-state index in [1.54, 1.807) is 0 Å². The van der Waals surface area contributed by atoms with Crippen LogP contribution in [0.25, 0.3) is 0 Å². The summed E-state index contributed by atoms with van der Waals surface area (Å²) in [6.45, 7) is 4.52. The highest BCUT2D eigenvalue weighted by molar-refractivity contribution is 7.85. The van der Waals surface area contributed by atoms with Gasteiger partial charge in [-0.05, 0) is 12.8 Å². The van der Waals surface area contributed by atoms with E-state index in [9.17, 15) is 28.0 Å². The lowest BCUT2D eigenvalue weighted by molar-refractivity contribution is -0.131. The SMILES string of the molecule is CCCCCCCCCCCCCCCCCCCCCCC(O)C(=O)NC(CS(=O)(=O)O)C(O)CCCCCCCCCCCCCCCC. The molecule has 0 aliphatic heterocycles. The fourth-order valence-electron chi connectivity index (χ4n) is 7.23. The van der Waals surface area contributed by atoms with Gasteiger partial charge in [0, 0.05) is 0 Å². The molecule has 4 N–H and O–H groups in total. The van der Waals surface area contributed by atoms with Crippen molar-refractivity contribution in [3.63, 3.8) is 0 Å². The summed E-state index contributed by atoms with van der Waals surface area (Å²) in [7, 11) is -4.40. The highest BCUT2D eigenvalue weighted by Crippen LogP contribution is 2.17. The van der Waals surface area contributed by atoms with Crippen LogP contribution in [0.2, 0.25) is 0 Å². The second-order valence-electron chi connectivity index (χ2n) is 15.8. The number of aliphatic hydroxyl groups excluding tert-OH is 2. The maximum Gasteiger partial charge on any atom is 0.266 e. The minimum Gasteiger partial charge on any atom is -0.391 e. The van der Waals surface area contributed by atoms with Gasteiger partial charge in [-0.15, -0.1) is 0 Å². The molecule has 306 valence electrons. The molecule has 0 fully saturated rings. The Bertz CT molecular complexity index is 838. The summed E-state index contributed by atoms with van der Waals surface area (Å²) >= 11 is 0. The van der Waals surface area contributed by atoms with Gasteiger partial charge in [0.25, 0.3) is 10.1 Å². The molecule has 0 saturated carbocycles. The van der Waals surface area contributed by atoms with Crippen molar-refractivity contribution >= 4 is 16.0 Å². The van der Waals surface area contributed by atoms with Gasteiger partial charge in [-0.2, -0.15) is 8.42 Å². The Kier molecular flexibility index (Phi) is 37.1. The van der Waals surface area contributed by atoms with Crippen LogP contribution in [-0.4, -0.2) is 53.1 Å². The van der Waals surface area contributed by atoms with Crippen LogP contribution >= 0.6 is 0 Å². The molecular weight excluding hydrogens is 659 g/mol. The minimum atomic E-state index is -4.40. The monoisotopic (exact) mass is 746 g/mol. The van der Waals surface area contributed by atoms with Gasteiger partial charge < -0.3 is 15.5 Å². The first-order chi connectivity index (χ1) is 24.7. The smallest absolute Gasteiger partial charge is 0.266 e. The van der Waals surface area contributed by atoms with Crippen LogP contribution in [-0.2, 0) is 14.9 Å². The Hall–Kier alpha value is -0.700. The van der Waals surface area contributed by atoms with Crippen LogP contribution in [0.5, 0.6) is 0 Å². The molecular formula is C43H87NO6S. The molecule has 3 atom stereocenters. The molecule has 0 bridgehead atoms. The fraction of sp³-hybridized carbons (Fsp3) is 0.977. The third-order valence-electron chi connectivity index (χ3n) is 10.7. The van der Waals surface area contributed by atoms with E-state index in [0.29, 0.717) is 12.8 Å². The number of hydrogen-bond donors (Lipinski definition) is 4. The summed E-state index contributed by atoms with van der Waals surface area (Å²) in [5.74, 6) is -1.44. The predicted octanol–water partition coefficient (Wildman–Crippen LogP) is 12.2. The second kappa shape index (κ2) is 37.6. The van der Waals surface area contributed by atoms with Gasteiger partial charge in [-0.3, -0.25) is 9.35 Å². The van der Waals surface area contributed by atoms with Crippen LogP contribution in [0, 0.1) is 0 Å². The van der Waals surface area contributed by atoms with Gasteiger partial charge in [0.1, 0.15) is 6.10 Å². The zero-order valence-electron chi connectivity index (χ0n) is 33.9. The number of carbonyl (C=O) groups excluding carboxylic acids is 1. The third kappa shape index (κ3) is 37.4. The van der Waals surface area contributed by atoms with Crippen molar-refractivity contribution in [2.75, 3.05) is 5.75 Å². The zero-order chi connectivity index (χ0) is 37.7. The number of rotatable bonds is 41. The molecule has 51 heavy (non-hydrogen) atoms. The molecule has 0 rings (SSSR count). The standard InChI is InChI=1S/C43H87NO6S/c1-3-5-7-9-11-13-15-17-19-20-21-22-23-24-26-28-30-32-34-36-38-42(46)43(47)44-40(39-51(48,49)50)41(45)37-35-33-31-29-27-25-18-16-14-12-10-8-6-4-2/h40-42,45-46H,3-39H2,1-2H3,(H,44,47)(H,48,49,50). The van der Waals surface area contributed by atoms with Gasteiger partial charge in [-0.1, -0.05) is 232 Å². The second-order valence-corrected chi connectivity index (χ2v) is 17.3. The first kappa shape index (κ1) is 50.3. The van der Waals surface area contributed by atoms with Gasteiger partial charge in [-0.25, -0.2) is 0 Å². The minimum absolute atomic E-state index is 0.304. The number of unbranched alkanes of at least 4 members (excludes halogenated alkanes) is 32. The molecule has 0 aromatic carbocycles. The fourth-order valence-corrected chi connectivity index (χ4v) is 7.99. The van der Waals surface area contributed by atoms with E-state index >= 15 is 0 Å². The van der Waals surface area contributed by atoms with E-state index in [2.05, 4.69) is 19.2 Å². The van der Waals surface area contributed by atoms with E-state index in [1.165, 1.54) is 173 Å². The largest absolute Gasteiger partial charge is 0.391 e. The number of hydrogen-bond acceptors (Lipinski definition) is 5. The van der Waals surface area contributed by atoms with Crippen LogP contribution in [0.4, 0.5) is 0 Å². The van der Waals surface area contributed by atoms with Gasteiger partial charge in [0.15, 0.2) is 0 Å². The lowest BCUT2D eigenvalue weighted by Crippen LogP contribution is -2.50. The van der Waals surface area contributed by atoms with Crippen LogP contribution in [0.3, 0.4) is 0 Å². The molecule has 0 radical (unpaired) electrons. The molecule has 0 spiro atoms. The molecule has 0 heterocycles. The summed E-state index contributed by atoms with van der Waals surface area (Å²) in [6, 6.07) is -1.14. The van der Waals surface area contributed by atoms with Crippen molar-refractivity contribution in [3.8, 4) is 0 Å². The number of amides is 1. The molecule has 0 aliphatic carbocycles. The van der Waals surface area contributed by atoms with Crippen LogP contribution in [0.1, 0.15) is 245 Å². The Morgan fingerprint density at radius 1 is 0.451 bits per heavy atom. The first-order valence-electron chi connectivity index (χ1n) is 22.3. The van der Waals surface area contributed by atoms with Crippen molar-refractivity contribution in [3.05, 3.63) is 0 Å². The van der Waals surface area contributed by atoms with Crippen LogP contribution < -0.4 is 5.32 Å². The average Bonchev–Trinajstić information content (AvgIpc) is 3.09. The lowest BCUT2D eigenvalue weighted by atomic mass is 10.0. The van der Waals surface area contributed by atoms with Crippen LogP contribution in [0.15, 0.2) is 0 Å². The Balaban J connectivity index is 3.87. The first-order valence-corrected chi connectivity index (χ1v) is 23.9. The molecule has 8 heteroatoms. The third-order valence-corrected chi connectivity index (χ3v) is 11.4. The Morgan fingerprint density at radius 2 is 0.706 bits per heavy atom. The van der Waals surface area contributed by atoms with E-state index in [0.717, 1.165) is 44.9 Å². The summed E-state index contributed by atoms with van der Waals surface area (Å²) < 4.78 is 32.6. The highest BCUT2D eigenvalue weighted by atomic mass is 32.2. The zero-order valence-corrected chi connectivity index (χ0v) is 34.7. The van der Waals surface area contributed by atoms with E-state index in [-0.39, 0.29) is 0 Å². The van der Waals surface area contributed by atoms with Crippen molar-refractivity contribution in [2.24, 2.45) is 0 Å². The highest BCUT2D eigenvalue weighted by Gasteiger charge is 2.28. The maximum absolute atomic E-state index is 12.6. The topological polar surface area (TPSA) is 124 Å². The van der Waals surface area contributed by atoms with E-state index in [1.807, 2.05) is 0 Å². The number of aliphatic hydroxyl groups is 2. The van der Waals surface area contributed by atoms with Crippen molar-refractivity contribution < 1.29 is 28.0 Å². The normalized spacial score (nSPS) is 13.7. The summed E-state index contributed by atoms with van der Waals surface area (Å²) in [5.41, 5.74) is 0. The van der Waals surface area contributed by atoms with Crippen molar-refractivity contribution in [2.45, 2.75) is 263 Å². The van der Waals surface area contributed by atoms with Crippen molar-refractivity contribution in [1.29, 1.82) is 0 Å². The number of nitrogens with one attached hydrogen (secondary N) is 1. The van der Waals surface area contributed by atoms with Gasteiger partial charge in [0.05, 0.1) is 17.9 Å². The quantitative estimate of drug-likeness (QED) is 0.0365. The summed E-state index contributed by atoms with van der Waals surface area (Å²) in [6.07, 6.45) is 41.2. The van der Waals surface area contributed by atoms with Gasteiger partial charge >= 0.3 is 0 Å². The number of carbonyl (C=O) groups is 1. The predicted molar refractivity (Wildman–Crippen MR) is 218 cm³/mol. The summed E-state index contributed by atoms with van der Waals surface area (Å²) in [4.78, 5) is 12.6. The summed E-state index contributed by atoms with van der Waals surface area (Å²) in [5, 5.41) is 23.6. The molecule has 7 nitrogen and oxygen atoms in total.